The molecule has 1 saturated carbocycles. The first kappa shape index (κ1) is 15.2. The van der Waals surface area contributed by atoms with Crippen LogP contribution in [-0.4, -0.2) is 0 Å². The van der Waals surface area contributed by atoms with Crippen LogP contribution < -0.4 is 5.73 Å². The number of halogens is 2. The number of hydrogen-bond acceptors (Lipinski definition) is 1. The van der Waals surface area contributed by atoms with Crippen LogP contribution in [-0.2, 0) is 5.54 Å². The molecule has 1 aromatic rings. The highest BCUT2D eigenvalue weighted by Crippen LogP contribution is 2.43. The van der Waals surface area contributed by atoms with Gasteiger partial charge in [0.05, 0.1) is 10.0 Å². The molecule has 1 nitrogen and oxygen atoms in total. The summed E-state index contributed by atoms with van der Waals surface area (Å²) in [5, 5.41) is 1.24. The third-order valence-corrected chi connectivity index (χ3v) is 5.00. The smallest absolute Gasteiger partial charge is 0.0642 e. The van der Waals surface area contributed by atoms with Crippen LogP contribution in [0.2, 0.25) is 10.0 Å². The molecule has 2 unspecified atom stereocenters. The fourth-order valence-corrected chi connectivity index (χ4v) is 3.91. The summed E-state index contributed by atoms with van der Waals surface area (Å²) in [5.74, 6) is 1.43. The van der Waals surface area contributed by atoms with Crippen LogP contribution >= 0.6 is 23.2 Å². The van der Waals surface area contributed by atoms with Crippen LogP contribution in [0.5, 0.6) is 0 Å². The number of rotatable bonds is 3. The summed E-state index contributed by atoms with van der Waals surface area (Å²) in [7, 11) is 0. The zero-order valence-corrected chi connectivity index (χ0v) is 13.3. The second-order valence-electron chi connectivity index (χ2n) is 6.35. The van der Waals surface area contributed by atoms with Gasteiger partial charge >= 0.3 is 0 Å². The van der Waals surface area contributed by atoms with Crippen molar-refractivity contribution in [3.05, 3.63) is 33.8 Å². The van der Waals surface area contributed by atoms with E-state index in [4.69, 9.17) is 28.9 Å². The van der Waals surface area contributed by atoms with Gasteiger partial charge in [0.25, 0.3) is 0 Å². The minimum atomic E-state index is -0.306. The van der Waals surface area contributed by atoms with Gasteiger partial charge in [-0.1, -0.05) is 62.0 Å². The molecule has 3 heteroatoms. The van der Waals surface area contributed by atoms with E-state index in [0.29, 0.717) is 16.0 Å². The van der Waals surface area contributed by atoms with E-state index in [-0.39, 0.29) is 5.54 Å². The van der Waals surface area contributed by atoms with Gasteiger partial charge < -0.3 is 5.73 Å². The van der Waals surface area contributed by atoms with Gasteiger partial charge in [0, 0.05) is 5.54 Å². The highest BCUT2D eigenvalue weighted by atomic mass is 35.5. The Hall–Kier alpha value is -0.240. The Morgan fingerprint density at radius 3 is 2.79 bits per heavy atom. The van der Waals surface area contributed by atoms with Crippen LogP contribution in [0.4, 0.5) is 0 Å². The van der Waals surface area contributed by atoms with Crippen molar-refractivity contribution in [1.29, 1.82) is 0 Å². The molecule has 0 saturated heterocycles. The van der Waals surface area contributed by atoms with Crippen LogP contribution in [0.25, 0.3) is 0 Å². The standard InChI is InChI=1S/C16H23Cl2N/c1-11(2)9-12-5-4-8-16(19,10-12)13-6-3-7-14(17)15(13)18/h3,6-7,11-12H,4-5,8-10,19H2,1-2H3. The molecule has 1 aliphatic rings. The second-order valence-corrected chi connectivity index (χ2v) is 7.13. The Morgan fingerprint density at radius 1 is 1.37 bits per heavy atom. The first-order chi connectivity index (χ1) is 8.92. The monoisotopic (exact) mass is 299 g/mol. The first-order valence-corrected chi connectivity index (χ1v) is 7.91. The highest BCUT2D eigenvalue weighted by Gasteiger charge is 2.36. The fraction of sp³-hybridized carbons (Fsp3) is 0.625. The molecule has 2 rings (SSSR count). The molecule has 0 radical (unpaired) electrons. The predicted molar refractivity (Wildman–Crippen MR) is 83.7 cm³/mol. The summed E-state index contributed by atoms with van der Waals surface area (Å²) >= 11 is 12.5. The van der Waals surface area contributed by atoms with E-state index in [1.165, 1.54) is 19.3 Å². The van der Waals surface area contributed by atoms with Crippen LogP contribution in [0, 0.1) is 11.8 Å². The molecule has 1 fully saturated rings. The summed E-state index contributed by atoms with van der Waals surface area (Å²) < 4.78 is 0. The van der Waals surface area contributed by atoms with E-state index in [9.17, 15) is 0 Å². The van der Waals surface area contributed by atoms with E-state index in [1.54, 1.807) is 0 Å². The lowest BCUT2D eigenvalue weighted by Crippen LogP contribution is -2.42. The van der Waals surface area contributed by atoms with E-state index in [0.717, 1.165) is 24.3 Å². The normalized spacial score (nSPS) is 27.8. The van der Waals surface area contributed by atoms with Crippen molar-refractivity contribution in [3.63, 3.8) is 0 Å². The van der Waals surface area contributed by atoms with Gasteiger partial charge in [-0.3, -0.25) is 0 Å². The largest absolute Gasteiger partial charge is 0.321 e. The third-order valence-electron chi connectivity index (χ3n) is 4.18. The van der Waals surface area contributed by atoms with Gasteiger partial charge in [-0.2, -0.15) is 0 Å². The topological polar surface area (TPSA) is 26.0 Å². The Bertz CT molecular complexity index is 444. The van der Waals surface area contributed by atoms with Gasteiger partial charge in [0.15, 0.2) is 0 Å². The Kier molecular flexibility index (Phi) is 4.81. The average molecular weight is 300 g/mol. The Morgan fingerprint density at radius 2 is 2.11 bits per heavy atom. The van der Waals surface area contributed by atoms with E-state index < -0.39 is 0 Å². The Labute approximate surface area is 126 Å². The molecule has 0 amide bonds. The predicted octanol–water partition coefficient (Wildman–Crippen LogP) is 5.38. The minimum absolute atomic E-state index is 0.306. The molecule has 19 heavy (non-hydrogen) atoms. The number of hydrogen-bond donors (Lipinski definition) is 1. The maximum atomic E-state index is 6.67. The van der Waals surface area contributed by atoms with Crippen molar-refractivity contribution in [2.24, 2.45) is 17.6 Å². The molecule has 2 N–H and O–H groups in total. The molecule has 1 aromatic carbocycles. The van der Waals surface area contributed by atoms with Crippen molar-refractivity contribution in [3.8, 4) is 0 Å². The summed E-state index contributed by atoms with van der Waals surface area (Å²) in [5.41, 5.74) is 7.39. The number of benzene rings is 1. The number of nitrogens with two attached hydrogens (primary N) is 1. The highest BCUT2D eigenvalue weighted by molar-refractivity contribution is 6.42. The molecule has 106 valence electrons. The third kappa shape index (κ3) is 3.45. The van der Waals surface area contributed by atoms with Crippen LogP contribution in [0.1, 0.15) is 51.5 Å². The average Bonchev–Trinajstić information content (AvgIpc) is 2.31. The molecule has 2 atom stereocenters. The molecule has 0 bridgehead atoms. The zero-order chi connectivity index (χ0) is 14.0. The molecular formula is C16H23Cl2N. The molecular weight excluding hydrogens is 277 g/mol. The van der Waals surface area contributed by atoms with E-state index in [2.05, 4.69) is 13.8 Å². The van der Waals surface area contributed by atoms with Crippen molar-refractivity contribution in [1.82, 2.24) is 0 Å². The molecule has 0 heterocycles. The SMILES string of the molecule is CC(C)CC1CCCC(N)(c2cccc(Cl)c2Cl)C1. The van der Waals surface area contributed by atoms with Crippen molar-refractivity contribution in [2.45, 2.75) is 51.5 Å². The summed E-state index contributed by atoms with van der Waals surface area (Å²) in [6.45, 7) is 4.55. The van der Waals surface area contributed by atoms with E-state index in [1.807, 2.05) is 18.2 Å². The molecule has 0 aromatic heterocycles. The fourth-order valence-electron chi connectivity index (χ4n) is 3.43. The lowest BCUT2D eigenvalue weighted by Gasteiger charge is -2.39. The van der Waals surface area contributed by atoms with Crippen LogP contribution in [0.15, 0.2) is 18.2 Å². The summed E-state index contributed by atoms with van der Waals surface area (Å²) in [6, 6.07) is 5.81. The zero-order valence-electron chi connectivity index (χ0n) is 11.8. The van der Waals surface area contributed by atoms with Gasteiger partial charge in [-0.05, 0) is 42.7 Å². The van der Waals surface area contributed by atoms with Gasteiger partial charge in [0.1, 0.15) is 0 Å². The maximum absolute atomic E-state index is 6.67. The lowest BCUT2D eigenvalue weighted by molar-refractivity contribution is 0.202. The van der Waals surface area contributed by atoms with Gasteiger partial charge in [-0.15, -0.1) is 0 Å². The Balaban J connectivity index is 2.24. The lowest BCUT2D eigenvalue weighted by atomic mass is 9.70. The van der Waals surface area contributed by atoms with Crippen LogP contribution in [0.3, 0.4) is 0 Å². The van der Waals surface area contributed by atoms with Crippen molar-refractivity contribution in [2.75, 3.05) is 0 Å². The molecule has 0 spiro atoms. The van der Waals surface area contributed by atoms with E-state index >= 15 is 0 Å². The molecule has 0 aliphatic heterocycles. The van der Waals surface area contributed by atoms with Crippen molar-refractivity contribution >= 4 is 23.2 Å². The molecule has 1 aliphatic carbocycles. The second kappa shape index (κ2) is 6.03. The first-order valence-electron chi connectivity index (χ1n) is 7.16. The van der Waals surface area contributed by atoms with Gasteiger partial charge in [-0.25, -0.2) is 0 Å². The quantitative estimate of drug-likeness (QED) is 0.796. The minimum Gasteiger partial charge on any atom is -0.321 e. The van der Waals surface area contributed by atoms with Gasteiger partial charge in [0.2, 0.25) is 0 Å². The van der Waals surface area contributed by atoms with Crippen molar-refractivity contribution < 1.29 is 0 Å². The summed E-state index contributed by atoms with van der Waals surface area (Å²) in [6.07, 6.45) is 5.73. The summed E-state index contributed by atoms with van der Waals surface area (Å²) in [4.78, 5) is 0. The maximum Gasteiger partial charge on any atom is 0.0642 e.